The molecule has 1 aromatic heterocycles. The highest BCUT2D eigenvalue weighted by molar-refractivity contribution is 6.17. The van der Waals surface area contributed by atoms with Crippen LogP contribution in [0.4, 0.5) is 5.82 Å². The van der Waals surface area contributed by atoms with Crippen LogP contribution in [-0.2, 0) is 0 Å². The fourth-order valence-electron chi connectivity index (χ4n) is 1.14. The van der Waals surface area contributed by atoms with Crippen molar-refractivity contribution in [1.29, 1.82) is 0 Å². The monoisotopic (exact) mass is 216 g/mol. The number of anilines is 1. The first-order valence-corrected chi connectivity index (χ1v) is 4.82. The molecular weight excluding hydrogens is 204 g/mol. The number of aliphatic hydroxyl groups is 2. The molecule has 14 heavy (non-hydrogen) atoms. The number of rotatable bonds is 4. The predicted molar refractivity (Wildman–Crippen MR) is 55.0 cm³/mol. The molecule has 0 amide bonds. The number of pyridine rings is 1. The van der Waals surface area contributed by atoms with Gasteiger partial charge in [0.15, 0.2) is 0 Å². The highest BCUT2D eigenvalue weighted by Gasteiger charge is 2.17. The summed E-state index contributed by atoms with van der Waals surface area (Å²) in [7, 11) is 0. The summed E-state index contributed by atoms with van der Waals surface area (Å²) >= 11 is 5.45. The molecule has 1 heterocycles. The second kappa shape index (κ2) is 5.14. The molecule has 4 N–H and O–H groups in total. The first-order chi connectivity index (χ1) is 6.65. The van der Waals surface area contributed by atoms with Crippen molar-refractivity contribution in [2.24, 2.45) is 0 Å². The highest BCUT2D eigenvalue weighted by Crippen LogP contribution is 2.19. The van der Waals surface area contributed by atoms with Crippen LogP contribution in [0.25, 0.3) is 0 Å². The van der Waals surface area contributed by atoms with Crippen molar-refractivity contribution in [3.63, 3.8) is 0 Å². The second-order valence-corrected chi connectivity index (χ2v) is 3.38. The van der Waals surface area contributed by atoms with Crippen LogP contribution in [0.2, 0.25) is 0 Å². The first kappa shape index (κ1) is 11.2. The molecule has 0 saturated carbocycles. The Kier molecular flexibility index (Phi) is 4.13. The van der Waals surface area contributed by atoms with Crippen molar-refractivity contribution < 1.29 is 10.2 Å². The van der Waals surface area contributed by atoms with E-state index < -0.39 is 12.2 Å². The molecular formula is C9H13ClN2O2. The van der Waals surface area contributed by atoms with Gasteiger partial charge in [-0.1, -0.05) is 0 Å². The number of halogens is 1. The van der Waals surface area contributed by atoms with E-state index in [1.807, 2.05) is 0 Å². The molecule has 1 aromatic rings. The topological polar surface area (TPSA) is 79.4 Å². The van der Waals surface area contributed by atoms with Gasteiger partial charge in [0.05, 0.1) is 6.10 Å². The zero-order chi connectivity index (χ0) is 10.6. The summed E-state index contributed by atoms with van der Waals surface area (Å²) in [5.74, 6) is 0.623. The Bertz CT molecular complexity index is 296. The normalized spacial score (nSPS) is 15.1. The van der Waals surface area contributed by atoms with Crippen molar-refractivity contribution >= 4 is 17.4 Å². The summed E-state index contributed by atoms with van der Waals surface area (Å²) < 4.78 is 0. The Labute approximate surface area is 87.3 Å². The van der Waals surface area contributed by atoms with Crippen LogP contribution < -0.4 is 5.73 Å². The van der Waals surface area contributed by atoms with Crippen molar-refractivity contribution in [2.75, 3.05) is 11.6 Å². The van der Waals surface area contributed by atoms with Gasteiger partial charge in [0.1, 0.15) is 11.9 Å². The van der Waals surface area contributed by atoms with Crippen LogP contribution in [0.5, 0.6) is 0 Å². The van der Waals surface area contributed by atoms with Crippen LogP contribution >= 0.6 is 11.6 Å². The van der Waals surface area contributed by atoms with Crippen molar-refractivity contribution in [1.82, 2.24) is 4.98 Å². The van der Waals surface area contributed by atoms with Gasteiger partial charge in [-0.05, 0) is 24.1 Å². The van der Waals surface area contributed by atoms with E-state index in [1.54, 1.807) is 6.07 Å². The van der Waals surface area contributed by atoms with Gasteiger partial charge < -0.3 is 15.9 Å². The lowest BCUT2D eigenvalue weighted by molar-refractivity contribution is 0.0170. The third kappa shape index (κ3) is 2.83. The molecule has 0 radical (unpaired) electrons. The largest absolute Gasteiger partial charge is 0.390 e. The second-order valence-electron chi connectivity index (χ2n) is 3.00. The number of hydrogen-bond acceptors (Lipinski definition) is 4. The van der Waals surface area contributed by atoms with E-state index in [2.05, 4.69) is 4.98 Å². The number of aromatic nitrogens is 1. The van der Waals surface area contributed by atoms with E-state index in [0.717, 1.165) is 0 Å². The van der Waals surface area contributed by atoms with Gasteiger partial charge in [0.2, 0.25) is 0 Å². The molecule has 0 spiro atoms. The Balaban J connectivity index is 2.73. The van der Waals surface area contributed by atoms with Crippen LogP contribution in [-0.4, -0.2) is 27.2 Å². The standard InChI is InChI=1S/C9H13ClN2O2/c10-3-1-7(13)9(14)6-2-4-12-8(11)5-6/h2,4-5,7,9,13-14H,1,3H2,(H2,11,12). The van der Waals surface area contributed by atoms with Gasteiger partial charge in [-0.3, -0.25) is 0 Å². The molecule has 0 saturated heterocycles. The van der Waals surface area contributed by atoms with Crippen LogP contribution in [0.3, 0.4) is 0 Å². The van der Waals surface area contributed by atoms with Crippen molar-refractivity contribution in [2.45, 2.75) is 18.6 Å². The number of nitrogens with zero attached hydrogens (tertiary/aromatic N) is 1. The average Bonchev–Trinajstić information content (AvgIpc) is 2.17. The molecule has 2 atom stereocenters. The van der Waals surface area contributed by atoms with Gasteiger partial charge in [-0.2, -0.15) is 0 Å². The smallest absolute Gasteiger partial charge is 0.123 e. The van der Waals surface area contributed by atoms with E-state index in [-0.39, 0.29) is 0 Å². The Morgan fingerprint density at radius 2 is 2.21 bits per heavy atom. The first-order valence-electron chi connectivity index (χ1n) is 4.28. The van der Waals surface area contributed by atoms with E-state index in [1.165, 1.54) is 12.3 Å². The Morgan fingerprint density at radius 3 is 2.79 bits per heavy atom. The van der Waals surface area contributed by atoms with Gasteiger partial charge in [-0.15, -0.1) is 11.6 Å². The van der Waals surface area contributed by atoms with Gasteiger partial charge in [-0.25, -0.2) is 4.98 Å². The summed E-state index contributed by atoms with van der Waals surface area (Å²) in [6.45, 7) is 0. The maximum absolute atomic E-state index is 9.65. The number of hydrogen-bond donors (Lipinski definition) is 3. The molecule has 5 heteroatoms. The van der Waals surface area contributed by atoms with Crippen LogP contribution in [0.15, 0.2) is 18.3 Å². The van der Waals surface area contributed by atoms with Gasteiger partial charge in [0, 0.05) is 12.1 Å². The summed E-state index contributed by atoms with van der Waals surface area (Å²) in [6.07, 6.45) is 0.0000452. The Hall–Kier alpha value is -0.840. The lowest BCUT2D eigenvalue weighted by Gasteiger charge is -2.16. The zero-order valence-corrected chi connectivity index (χ0v) is 8.35. The predicted octanol–water partition coefficient (Wildman–Crippen LogP) is 0.687. The minimum Gasteiger partial charge on any atom is -0.390 e. The maximum atomic E-state index is 9.65. The van der Waals surface area contributed by atoms with E-state index in [9.17, 15) is 10.2 Å². The van der Waals surface area contributed by atoms with Crippen LogP contribution in [0.1, 0.15) is 18.1 Å². The zero-order valence-electron chi connectivity index (χ0n) is 7.60. The van der Waals surface area contributed by atoms with E-state index in [0.29, 0.717) is 23.7 Å². The molecule has 1 rings (SSSR count). The number of nitrogens with two attached hydrogens (primary N) is 1. The third-order valence-corrected chi connectivity index (χ3v) is 2.13. The minimum absolute atomic E-state index is 0.304. The lowest BCUT2D eigenvalue weighted by Crippen LogP contribution is -2.18. The molecule has 0 aliphatic heterocycles. The summed E-state index contributed by atoms with van der Waals surface area (Å²) in [6, 6.07) is 3.14. The number of nitrogen functional groups attached to an aromatic ring is 1. The quantitative estimate of drug-likeness (QED) is 0.647. The molecule has 78 valence electrons. The molecule has 0 aliphatic carbocycles. The highest BCUT2D eigenvalue weighted by atomic mass is 35.5. The van der Waals surface area contributed by atoms with Gasteiger partial charge in [0.25, 0.3) is 0 Å². The Morgan fingerprint density at radius 1 is 1.50 bits per heavy atom. The molecule has 0 aromatic carbocycles. The minimum atomic E-state index is -0.959. The fourth-order valence-corrected chi connectivity index (χ4v) is 1.36. The maximum Gasteiger partial charge on any atom is 0.123 e. The lowest BCUT2D eigenvalue weighted by atomic mass is 10.0. The molecule has 0 aliphatic rings. The molecule has 4 nitrogen and oxygen atoms in total. The summed E-state index contributed by atoms with van der Waals surface area (Å²) in [5, 5.41) is 19.1. The van der Waals surface area contributed by atoms with Crippen molar-refractivity contribution in [3.8, 4) is 0 Å². The summed E-state index contributed by atoms with van der Waals surface area (Å²) in [4.78, 5) is 3.79. The number of aliphatic hydroxyl groups excluding tert-OH is 2. The van der Waals surface area contributed by atoms with E-state index >= 15 is 0 Å². The molecule has 0 fully saturated rings. The van der Waals surface area contributed by atoms with E-state index in [4.69, 9.17) is 17.3 Å². The third-order valence-electron chi connectivity index (χ3n) is 1.92. The number of alkyl halides is 1. The molecule has 0 bridgehead atoms. The summed E-state index contributed by atoms with van der Waals surface area (Å²) in [5.41, 5.74) is 5.99. The average molecular weight is 217 g/mol. The van der Waals surface area contributed by atoms with Crippen LogP contribution in [0, 0.1) is 0 Å². The fraction of sp³-hybridized carbons (Fsp3) is 0.444. The SMILES string of the molecule is Nc1cc(C(O)C(O)CCCl)ccn1. The molecule has 2 unspecified atom stereocenters. The van der Waals surface area contributed by atoms with Gasteiger partial charge >= 0.3 is 0 Å². The van der Waals surface area contributed by atoms with Crippen molar-refractivity contribution in [3.05, 3.63) is 23.9 Å².